The van der Waals surface area contributed by atoms with Gasteiger partial charge in [0.2, 0.25) is 11.8 Å². The molecule has 5 nitrogen and oxygen atoms in total. The molecule has 1 fully saturated rings. The van der Waals surface area contributed by atoms with Crippen molar-refractivity contribution in [2.45, 2.75) is 51.4 Å². The van der Waals surface area contributed by atoms with Crippen LogP contribution < -0.4 is 0 Å². The topological polar surface area (TPSA) is 63.7 Å². The van der Waals surface area contributed by atoms with Crippen LogP contribution in [0.25, 0.3) is 0 Å². The van der Waals surface area contributed by atoms with E-state index in [0.717, 1.165) is 6.42 Å². The second-order valence-electron chi connectivity index (χ2n) is 5.53. The lowest BCUT2D eigenvalue weighted by atomic mass is 10.2. The van der Waals surface area contributed by atoms with Crippen molar-refractivity contribution in [1.82, 2.24) is 4.90 Å². The number of amides is 2. The molecule has 0 aromatic carbocycles. The van der Waals surface area contributed by atoms with Gasteiger partial charge in [-0.15, -0.1) is 11.8 Å². The Morgan fingerprint density at radius 1 is 1.42 bits per heavy atom. The van der Waals surface area contributed by atoms with Crippen LogP contribution in [0.1, 0.15) is 40.5 Å². The van der Waals surface area contributed by atoms with Gasteiger partial charge in [-0.1, -0.05) is 0 Å². The summed E-state index contributed by atoms with van der Waals surface area (Å²) in [5.74, 6) is -0.539. The molecule has 0 spiro atoms. The molecule has 2 amide bonds. The van der Waals surface area contributed by atoms with Gasteiger partial charge in [-0.25, -0.2) is 0 Å². The largest absolute Gasteiger partial charge is 0.459 e. The minimum absolute atomic E-state index is 0.115. The number of carbonyl (C=O) groups excluding carboxylic acids is 3. The van der Waals surface area contributed by atoms with Gasteiger partial charge in [-0.05, 0) is 34.1 Å². The minimum atomic E-state index is -0.527. The first kappa shape index (κ1) is 16.0. The molecule has 0 aromatic rings. The number of thioether (sulfide) groups is 1. The third-order valence-corrected chi connectivity index (χ3v) is 3.68. The van der Waals surface area contributed by atoms with Gasteiger partial charge in [0.15, 0.2) is 0 Å². The molecule has 108 valence electrons. The Bertz CT molecular complexity index is 375. The average molecular weight is 287 g/mol. The molecule has 0 saturated carbocycles. The van der Waals surface area contributed by atoms with Crippen LogP contribution in [0, 0.1) is 0 Å². The summed E-state index contributed by atoms with van der Waals surface area (Å²) in [6, 6.07) is 0. The Labute approximate surface area is 118 Å². The minimum Gasteiger partial charge on any atom is -0.459 e. The van der Waals surface area contributed by atoms with Crippen LogP contribution in [0.5, 0.6) is 0 Å². The molecule has 6 heteroatoms. The van der Waals surface area contributed by atoms with Gasteiger partial charge in [-0.3, -0.25) is 19.3 Å². The molecule has 0 N–H and O–H groups in total. The molecule has 1 saturated heterocycles. The van der Waals surface area contributed by atoms with E-state index in [1.54, 1.807) is 27.7 Å². The summed E-state index contributed by atoms with van der Waals surface area (Å²) in [4.78, 5) is 36.2. The first-order chi connectivity index (χ1) is 8.70. The Morgan fingerprint density at radius 2 is 2.05 bits per heavy atom. The van der Waals surface area contributed by atoms with E-state index in [-0.39, 0.29) is 23.5 Å². The summed E-state index contributed by atoms with van der Waals surface area (Å²) >= 11 is 1.20. The molecule has 0 bridgehead atoms. The predicted molar refractivity (Wildman–Crippen MR) is 73.7 cm³/mol. The van der Waals surface area contributed by atoms with E-state index in [1.807, 2.05) is 0 Å². The third-order valence-electron chi connectivity index (χ3n) is 2.57. The first-order valence-electron chi connectivity index (χ1n) is 6.38. The van der Waals surface area contributed by atoms with Crippen LogP contribution in [0.3, 0.4) is 0 Å². The van der Waals surface area contributed by atoms with E-state index >= 15 is 0 Å². The molecular weight excluding hydrogens is 266 g/mol. The number of hydrogen-bond acceptors (Lipinski definition) is 5. The van der Waals surface area contributed by atoms with Crippen molar-refractivity contribution in [2.24, 2.45) is 0 Å². The highest BCUT2D eigenvalue weighted by atomic mass is 32.2. The zero-order valence-electron chi connectivity index (χ0n) is 11.9. The number of carbonyl (C=O) groups is 3. The van der Waals surface area contributed by atoms with Crippen LogP contribution in [0.4, 0.5) is 0 Å². The lowest BCUT2D eigenvalue weighted by molar-refractivity contribution is -0.153. The summed E-state index contributed by atoms with van der Waals surface area (Å²) in [5, 5.41) is -0.416. The molecule has 0 radical (unpaired) electrons. The molecule has 0 aliphatic carbocycles. The Hall–Kier alpha value is -1.04. The highest BCUT2D eigenvalue weighted by molar-refractivity contribution is 8.01. The summed E-state index contributed by atoms with van der Waals surface area (Å²) < 4.78 is 5.23. The maximum absolute atomic E-state index is 11.8. The maximum Gasteiger partial charge on any atom is 0.319 e. The second-order valence-corrected chi connectivity index (χ2v) is 6.86. The number of hydrogen-bond donors (Lipinski definition) is 0. The summed E-state index contributed by atoms with van der Waals surface area (Å²) in [6.07, 6.45) is 1.18. The number of rotatable bonds is 4. The van der Waals surface area contributed by atoms with Gasteiger partial charge in [0.05, 0.1) is 5.75 Å². The molecule has 1 aliphatic heterocycles. The van der Waals surface area contributed by atoms with Gasteiger partial charge >= 0.3 is 5.97 Å². The zero-order valence-corrected chi connectivity index (χ0v) is 12.7. The highest BCUT2D eigenvalue weighted by Gasteiger charge is 2.28. The first-order valence-corrected chi connectivity index (χ1v) is 7.43. The normalized spacial score (nSPS) is 17.5. The van der Waals surface area contributed by atoms with E-state index in [4.69, 9.17) is 4.74 Å². The van der Waals surface area contributed by atoms with Crippen molar-refractivity contribution in [3.05, 3.63) is 0 Å². The Balaban J connectivity index is 2.37. The van der Waals surface area contributed by atoms with Gasteiger partial charge in [0.25, 0.3) is 0 Å². The van der Waals surface area contributed by atoms with Crippen molar-refractivity contribution >= 4 is 29.5 Å². The number of nitrogens with zero attached hydrogens (tertiary/aromatic N) is 1. The van der Waals surface area contributed by atoms with Gasteiger partial charge in [0, 0.05) is 13.0 Å². The zero-order chi connectivity index (χ0) is 14.6. The molecule has 1 unspecified atom stereocenters. The lowest BCUT2D eigenvalue weighted by Crippen LogP contribution is -2.34. The predicted octanol–water partition coefficient (Wildman–Crippen LogP) is 1.60. The van der Waals surface area contributed by atoms with Crippen LogP contribution >= 0.6 is 11.8 Å². The summed E-state index contributed by atoms with van der Waals surface area (Å²) in [5.41, 5.74) is -0.527. The van der Waals surface area contributed by atoms with Gasteiger partial charge in [0.1, 0.15) is 10.9 Å². The summed E-state index contributed by atoms with van der Waals surface area (Å²) in [7, 11) is 0. The van der Waals surface area contributed by atoms with Gasteiger partial charge in [-0.2, -0.15) is 0 Å². The van der Waals surface area contributed by atoms with Crippen LogP contribution in [-0.2, 0) is 19.1 Å². The second kappa shape index (κ2) is 6.41. The van der Waals surface area contributed by atoms with Crippen LogP contribution in [-0.4, -0.2) is 45.8 Å². The quantitative estimate of drug-likeness (QED) is 0.735. The van der Waals surface area contributed by atoms with Crippen molar-refractivity contribution in [3.63, 3.8) is 0 Å². The number of likely N-dealkylation sites (tertiary alicyclic amines) is 1. The highest BCUT2D eigenvalue weighted by Crippen LogP contribution is 2.18. The molecular formula is C13H21NO4S. The van der Waals surface area contributed by atoms with E-state index in [1.165, 1.54) is 16.7 Å². The van der Waals surface area contributed by atoms with Gasteiger partial charge < -0.3 is 4.74 Å². The Kier molecular flexibility index (Phi) is 5.40. The van der Waals surface area contributed by atoms with Crippen molar-refractivity contribution in [3.8, 4) is 0 Å². The summed E-state index contributed by atoms with van der Waals surface area (Å²) in [6.45, 7) is 7.61. The van der Waals surface area contributed by atoms with Crippen LogP contribution in [0.15, 0.2) is 0 Å². The number of imide groups is 1. The number of esters is 1. The van der Waals surface area contributed by atoms with Crippen LogP contribution in [0.2, 0.25) is 0 Å². The van der Waals surface area contributed by atoms with Crippen molar-refractivity contribution in [1.29, 1.82) is 0 Å². The van der Waals surface area contributed by atoms with E-state index in [0.29, 0.717) is 13.0 Å². The third kappa shape index (κ3) is 5.22. The van der Waals surface area contributed by atoms with Crippen molar-refractivity contribution in [2.75, 3.05) is 12.3 Å². The number of ether oxygens (including phenoxy) is 1. The maximum atomic E-state index is 11.8. The van der Waals surface area contributed by atoms with E-state index < -0.39 is 10.9 Å². The van der Waals surface area contributed by atoms with E-state index in [2.05, 4.69) is 0 Å². The Morgan fingerprint density at radius 3 is 2.53 bits per heavy atom. The molecule has 1 atom stereocenters. The lowest BCUT2D eigenvalue weighted by Gasteiger charge is -2.22. The molecule has 1 rings (SSSR count). The van der Waals surface area contributed by atoms with Crippen molar-refractivity contribution < 1.29 is 19.1 Å². The monoisotopic (exact) mass is 287 g/mol. The fourth-order valence-electron chi connectivity index (χ4n) is 1.64. The smallest absolute Gasteiger partial charge is 0.319 e. The van der Waals surface area contributed by atoms with E-state index in [9.17, 15) is 14.4 Å². The molecule has 0 aromatic heterocycles. The standard InChI is InChI=1S/C13H21NO4S/c1-9(12(17)18-13(2,3)4)19-8-11(16)14-7-5-6-10(14)15/h9H,5-8H2,1-4H3. The molecule has 1 heterocycles. The molecule has 1 aliphatic rings. The molecule has 19 heavy (non-hydrogen) atoms. The SMILES string of the molecule is CC(SCC(=O)N1CCCC1=O)C(=O)OC(C)(C)C. The average Bonchev–Trinajstić information content (AvgIpc) is 2.69. The fraction of sp³-hybridized carbons (Fsp3) is 0.769. The fourth-order valence-corrected chi connectivity index (χ4v) is 2.37.